The lowest BCUT2D eigenvalue weighted by Crippen LogP contribution is -2.32. The van der Waals surface area contributed by atoms with Gasteiger partial charge in [0.1, 0.15) is 0 Å². The van der Waals surface area contributed by atoms with Gasteiger partial charge in [-0.3, -0.25) is 0 Å². The normalized spacial score (nSPS) is 39.6. The summed E-state index contributed by atoms with van der Waals surface area (Å²) in [5.41, 5.74) is 0.595. The first-order valence-electron chi connectivity index (χ1n) is 4.55. The van der Waals surface area contributed by atoms with Crippen molar-refractivity contribution in [2.75, 3.05) is 0 Å². The Morgan fingerprint density at radius 2 is 1.40 bits per heavy atom. The first-order valence-corrected chi connectivity index (χ1v) is 4.55. The van der Waals surface area contributed by atoms with Gasteiger partial charge >= 0.3 is 0 Å². The van der Waals surface area contributed by atoms with Crippen LogP contribution in [0.4, 0.5) is 0 Å². The Labute approximate surface area is 65.0 Å². The highest BCUT2D eigenvalue weighted by Gasteiger charge is 2.34. The Morgan fingerprint density at radius 1 is 1.00 bits per heavy atom. The van der Waals surface area contributed by atoms with Crippen LogP contribution < -0.4 is 0 Å². The average Bonchev–Trinajstić information content (AvgIpc) is 1.84. The molecule has 0 aromatic rings. The van der Waals surface area contributed by atoms with Crippen LogP contribution in [0.3, 0.4) is 0 Å². The van der Waals surface area contributed by atoms with Crippen molar-refractivity contribution in [3.8, 4) is 0 Å². The third-order valence-electron chi connectivity index (χ3n) is 3.81. The van der Waals surface area contributed by atoms with Crippen molar-refractivity contribution < 1.29 is 0 Å². The smallest absolute Gasteiger partial charge is 0.0303 e. The van der Waals surface area contributed by atoms with Gasteiger partial charge in [0.25, 0.3) is 0 Å². The zero-order valence-electron chi connectivity index (χ0n) is 7.78. The third kappa shape index (κ3) is 1.21. The highest BCUT2D eigenvalue weighted by Crippen LogP contribution is 2.44. The van der Waals surface area contributed by atoms with E-state index in [2.05, 4.69) is 27.7 Å². The van der Waals surface area contributed by atoms with Gasteiger partial charge in [0, 0.05) is 0 Å². The minimum absolute atomic E-state index is 0.595. The Morgan fingerprint density at radius 3 is 1.70 bits per heavy atom. The van der Waals surface area contributed by atoms with E-state index in [0.717, 1.165) is 11.8 Å². The molecule has 0 aromatic heterocycles. The van der Waals surface area contributed by atoms with Crippen molar-refractivity contribution >= 4 is 0 Å². The maximum Gasteiger partial charge on any atom is -0.0303 e. The van der Waals surface area contributed by atoms with Crippen LogP contribution in [0.1, 0.15) is 47.0 Å². The first-order chi connectivity index (χ1) is 4.55. The summed E-state index contributed by atoms with van der Waals surface area (Å²) in [7, 11) is 0. The lowest BCUT2D eigenvalue weighted by molar-refractivity contribution is 0.0832. The van der Waals surface area contributed by atoms with Crippen molar-refractivity contribution in [1.29, 1.82) is 0 Å². The molecule has 0 aliphatic heterocycles. The first kappa shape index (κ1) is 8.10. The van der Waals surface area contributed by atoms with Crippen LogP contribution >= 0.6 is 0 Å². The van der Waals surface area contributed by atoms with Gasteiger partial charge in [0.15, 0.2) is 0 Å². The molecule has 0 saturated heterocycles. The highest BCUT2D eigenvalue weighted by atomic mass is 14.4. The molecule has 1 saturated carbocycles. The van der Waals surface area contributed by atoms with Gasteiger partial charge in [-0.2, -0.15) is 0 Å². The molecule has 1 aliphatic carbocycles. The molecular weight excluding hydrogens is 120 g/mol. The Bertz CT molecular complexity index is 101. The van der Waals surface area contributed by atoms with Crippen LogP contribution in [-0.2, 0) is 0 Å². The van der Waals surface area contributed by atoms with Crippen LogP contribution in [0.25, 0.3) is 0 Å². The van der Waals surface area contributed by atoms with E-state index >= 15 is 0 Å². The average molecular weight is 140 g/mol. The molecule has 0 N–H and O–H groups in total. The van der Waals surface area contributed by atoms with Gasteiger partial charge < -0.3 is 0 Å². The summed E-state index contributed by atoms with van der Waals surface area (Å²) in [6.07, 6.45) is 4.33. The molecule has 0 nitrogen and oxygen atoms in total. The molecule has 1 rings (SSSR count). The van der Waals surface area contributed by atoms with Gasteiger partial charge in [-0.1, -0.05) is 47.0 Å². The predicted molar refractivity (Wildman–Crippen MR) is 46.0 cm³/mol. The fraction of sp³-hybridized carbons (Fsp3) is 1.00. The molecule has 60 valence electrons. The molecule has 1 fully saturated rings. The van der Waals surface area contributed by atoms with Crippen molar-refractivity contribution in [3.63, 3.8) is 0 Å². The Balaban J connectivity index is 2.63. The molecule has 10 heavy (non-hydrogen) atoms. The van der Waals surface area contributed by atoms with Crippen LogP contribution in [0.2, 0.25) is 0 Å². The monoisotopic (exact) mass is 140 g/mol. The van der Waals surface area contributed by atoms with E-state index in [1.54, 1.807) is 0 Å². The van der Waals surface area contributed by atoms with E-state index in [-0.39, 0.29) is 0 Å². The number of hydrogen-bond acceptors (Lipinski definition) is 0. The molecule has 2 unspecified atom stereocenters. The second-order valence-corrected chi connectivity index (χ2v) is 4.55. The predicted octanol–water partition coefficient (Wildman–Crippen LogP) is 3.47. The molecule has 1 aliphatic rings. The summed E-state index contributed by atoms with van der Waals surface area (Å²) < 4.78 is 0. The number of hydrogen-bond donors (Lipinski definition) is 0. The molecule has 0 bridgehead atoms. The minimum Gasteiger partial charge on any atom is -0.0620 e. The summed E-state index contributed by atoms with van der Waals surface area (Å²) in [5.74, 6) is 1.85. The molecule has 2 atom stereocenters. The third-order valence-corrected chi connectivity index (χ3v) is 3.81. The Kier molecular flexibility index (Phi) is 2.07. The summed E-state index contributed by atoms with van der Waals surface area (Å²) in [6.45, 7) is 9.63. The molecule has 0 amide bonds. The minimum atomic E-state index is 0.595. The van der Waals surface area contributed by atoms with Crippen LogP contribution in [0, 0.1) is 17.3 Å². The lowest BCUT2D eigenvalue weighted by atomic mass is 9.64. The van der Waals surface area contributed by atoms with Crippen LogP contribution in [-0.4, -0.2) is 0 Å². The largest absolute Gasteiger partial charge is 0.0620 e. The molecular formula is C10H20. The van der Waals surface area contributed by atoms with E-state index in [1.807, 2.05) is 0 Å². The van der Waals surface area contributed by atoms with E-state index in [1.165, 1.54) is 19.3 Å². The quantitative estimate of drug-likeness (QED) is 0.483. The van der Waals surface area contributed by atoms with Crippen molar-refractivity contribution in [2.45, 2.75) is 47.0 Å². The standard InChI is InChI=1S/C10H20/c1-8-6-5-7-9(2)10(8,3)4/h8-9H,5-7H2,1-4H3. The second-order valence-electron chi connectivity index (χ2n) is 4.55. The molecule has 0 aromatic carbocycles. The van der Waals surface area contributed by atoms with Gasteiger partial charge in [-0.15, -0.1) is 0 Å². The summed E-state index contributed by atoms with van der Waals surface area (Å²) in [6, 6.07) is 0. The molecule has 0 heteroatoms. The van der Waals surface area contributed by atoms with Gasteiger partial charge in [0.2, 0.25) is 0 Å². The van der Waals surface area contributed by atoms with Crippen molar-refractivity contribution in [3.05, 3.63) is 0 Å². The summed E-state index contributed by atoms with van der Waals surface area (Å²) >= 11 is 0. The molecule has 0 spiro atoms. The van der Waals surface area contributed by atoms with Crippen molar-refractivity contribution in [2.24, 2.45) is 17.3 Å². The maximum absolute atomic E-state index is 2.42. The highest BCUT2D eigenvalue weighted by molar-refractivity contribution is 4.84. The van der Waals surface area contributed by atoms with Crippen LogP contribution in [0.5, 0.6) is 0 Å². The van der Waals surface area contributed by atoms with Gasteiger partial charge in [-0.25, -0.2) is 0 Å². The lowest BCUT2D eigenvalue weighted by Gasteiger charge is -2.42. The van der Waals surface area contributed by atoms with Gasteiger partial charge in [0.05, 0.1) is 0 Å². The van der Waals surface area contributed by atoms with Crippen molar-refractivity contribution in [1.82, 2.24) is 0 Å². The van der Waals surface area contributed by atoms with E-state index in [4.69, 9.17) is 0 Å². The van der Waals surface area contributed by atoms with Crippen LogP contribution in [0.15, 0.2) is 0 Å². The van der Waals surface area contributed by atoms with E-state index in [9.17, 15) is 0 Å². The zero-order chi connectivity index (χ0) is 7.78. The summed E-state index contributed by atoms with van der Waals surface area (Å²) in [4.78, 5) is 0. The SMILES string of the molecule is CC1CCCC(C)C1(C)C. The second kappa shape index (κ2) is 2.56. The topological polar surface area (TPSA) is 0 Å². The molecule has 0 heterocycles. The van der Waals surface area contributed by atoms with E-state index in [0.29, 0.717) is 5.41 Å². The van der Waals surface area contributed by atoms with E-state index < -0.39 is 0 Å². The molecule has 0 radical (unpaired) electrons. The fourth-order valence-electron chi connectivity index (χ4n) is 1.96. The van der Waals surface area contributed by atoms with Gasteiger partial charge in [-0.05, 0) is 17.3 Å². The fourth-order valence-corrected chi connectivity index (χ4v) is 1.96. The number of rotatable bonds is 0. The maximum atomic E-state index is 2.42. The zero-order valence-corrected chi connectivity index (χ0v) is 7.78. The Hall–Kier alpha value is 0. The summed E-state index contributed by atoms with van der Waals surface area (Å²) in [5, 5.41) is 0.